The summed E-state index contributed by atoms with van der Waals surface area (Å²) in [4.78, 5) is 12.4. The molecule has 1 unspecified atom stereocenters. The Bertz CT molecular complexity index is 1370. The van der Waals surface area contributed by atoms with Crippen LogP contribution in [0, 0.1) is 39.0 Å². The van der Waals surface area contributed by atoms with Crippen molar-refractivity contribution < 1.29 is 9.90 Å². The van der Waals surface area contributed by atoms with E-state index in [2.05, 4.69) is 62.5 Å². The first kappa shape index (κ1) is 23.0. The molecule has 0 aliphatic heterocycles. The summed E-state index contributed by atoms with van der Waals surface area (Å²) < 4.78 is 0. The maximum Gasteiger partial charge on any atom is 0.271 e. The Hall–Kier alpha value is -4.17. The number of fused-ring (bicyclic) bond motifs is 1. The van der Waals surface area contributed by atoms with Crippen LogP contribution in [0.4, 0.5) is 0 Å². The summed E-state index contributed by atoms with van der Waals surface area (Å²) in [6.07, 6.45) is 6.97. The highest BCUT2D eigenvalue weighted by Gasteiger charge is 2.21. The fourth-order valence-corrected chi connectivity index (χ4v) is 4.54. The number of nitrogens with one attached hydrogen (secondary N) is 1. The largest absolute Gasteiger partial charge is 0.507 e. The minimum absolute atomic E-state index is 0.0444. The quantitative estimate of drug-likeness (QED) is 0.392. The minimum Gasteiger partial charge on any atom is -0.507 e. The number of hydrogen-bond donors (Lipinski definition) is 2. The average molecular weight is 450 g/mol. The lowest BCUT2D eigenvalue weighted by atomic mass is 9.86. The summed E-state index contributed by atoms with van der Waals surface area (Å²) in [5.41, 5.74) is 12.9. The number of hydrazone groups is 1. The van der Waals surface area contributed by atoms with Crippen LogP contribution in [0.25, 0.3) is 6.08 Å². The Morgan fingerprint density at radius 1 is 1.12 bits per heavy atom. The molecule has 0 spiro atoms. The lowest BCUT2D eigenvalue weighted by Crippen LogP contribution is -2.17. The van der Waals surface area contributed by atoms with Crippen molar-refractivity contribution in [2.24, 2.45) is 5.10 Å². The number of phenols is 1. The van der Waals surface area contributed by atoms with Gasteiger partial charge in [-0.15, -0.1) is 0 Å². The number of aromatic hydroxyl groups is 1. The molecule has 1 aliphatic carbocycles. The van der Waals surface area contributed by atoms with Crippen molar-refractivity contribution in [3.8, 4) is 11.8 Å². The monoisotopic (exact) mass is 449 g/mol. The topological polar surface area (TPSA) is 85.5 Å². The van der Waals surface area contributed by atoms with Gasteiger partial charge in [0.25, 0.3) is 5.91 Å². The number of carbonyl (C=O) groups excluding carboxylic acids is 1. The molecule has 0 saturated carbocycles. The second-order valence-corrected chi connectivity index (χ2v) is 8.80. The van der Waals surface area contributed by atoms with Crippen molar-refractivity contribution in [2.75, 3.05) is 0 Å². The van der Waals surface area contributed by atoms with Gasteiger partial charge >= 0.3 is 0 Å². The van der Waals surface area contributed by atoms with Crippen LogP contribution in [0.1, 0.15) is 66.3 Å². The third-order valence-corrected chi connectivity index (χ3v) is 6.76. The SMILES string of the molecule is Cc1cc(C)c(C)c(CC2C=Cc3c(/C=N/NC(=O)c4ccc(O)c(C#N)c4)cccc32)c1C. The summed E-state index contributed by atoms with van der Waals surface area (Å²) in [6.45, 7) is 8.75. The molecule has 3 aromatic rings. The van der Waals surface area contributed by atoms with E-state index in [4.69, 9.17) is 5.26 Å². The van der Waals surface area contributed by atoms with Crippen molar-refractivity contribution in [3.63, 3.8) is 0 Å². The third kappa shape index (κ3) is 4.35. The minimum atomic E-state index is -0.450. The number of nitrogens with zero attached hydrogens (tertiary/aromatic N) is 2. The van der Waals surface area contributed by atoms with E-state index in [9.17, 15) is 9.90 Å². The Morgan fingerprint density at radius 3 is 2.56 bits per heavy atom. The first-order chi connectivity index (χ1) is 16.3. The van der Waals surface area contributed by atoms with Crippen LogP contribution < -0.4 is 5.43 Å². The van der Waals surface area contributed by atoms with Gasteiger partial charge in [-0.1, -0.05) is 36.4 Å². The number of amides is 1. The predicted octanol–water partition coefficient (Wildman–Crippen LogP) is 5.61. The number of phenolic OH excluding ortho intramolecular Hbond substituents is 1. The smallest absolute Gasteiger partial charge is 0.271 e. The molecule has 5 heteroatoms. The van der Waals surface area contributed by atoms with Crippen LogP contribution in [-0.2, 0) is 6.42 Å². The fraction of sp³-hybridized carbons (Fsp3) is 0.207. The van der Waals surface area contributed by atoms with Gasteiger partial charge in [-0.25, -0.2) is 5.43 Å². The summed E-state index contributed by atoms with van der Waals surface area (Å²) in [5, 5.41) is 22.8. The second-order valence-electron chi connectivity index (χ2n) is 8.80. The van der Waals surface area contributed by atoms with Crippen LogP contribution in [0.2, 0.25) is 0 Å². The van der Waals surface area contributed by atoms with E-state index in [0.717, 1.165) is 17.5 Å². The molecule has 0 saturated heterocycles. The van der Waals surface area contributed by atoms with E-state index in [0.29, 0.717) is 0 Å². The molecule has 0 radical (unpaired) electrons. The highest BCUT2D eigenvalue weighted by Crippen LogP contribution is 2.36. The number of allylic oxidation sites excluding steroid dienone is 1. The predicted molar refractivity (Wildman–Crippen MR) is 135 cm³/mol. The fourth-order valence-electron chi connectivity index (χ4n) is 4.54. The number of aryl methyl sites for hydroxylation is 2. The van der Waals surface area contributed by atoms with Crippen LogP contribution in [0.5, 0.6) is 5.75 Å². The summed E-state index contributed by atoms with van der Waals surface area (Å²) >= 11 is 0. The summed E-state index contributed by atoms with van der Waals surface area (Å²) in [7, 11) is 0. The third-order valence-electron chi connectivity index (χ3n) is 6.76. The van der Waals surface area contributed by atoms with Crippen molar-refractivity contribution in [1.82, 2.24) is 5.43 Å². The Kier molecular flexibility index (Phi) is 6.34. The zero-order valence-electron chi connectivity index (χ0n) is 19.8. The van der Waals surface area contributed by atoms with E-state index in [-0.39, 0.29) is 22.8 Å². The first-order valence-corrected chi connectivity index (χ1v) is 11.2. The first-order valence-electron chi connectivity index (χ1n) is 11.2. The number of carbonyl (C=O) groups is 1. The zero-order valence-corrected chi connectivity index (χ0v) is 19.8. The lowest BCUT2D eigenvalue weighted by molar-refractivity contribution is 0.0955. The van der Waals surface area contributed by atoms with Crippen LogP contribution in [-0.4, -0.2) is 17.2 Å². The Labute approximate surface area is 200 Å². The molecule has 0 heterocycles. The van der Waals surface area contributed by atoms with Crippen LogP contribution in [0.15, 0.2) is 53.6 Å². The molecule has 170 valence electrons. The van der Waals surface area contributed by atoms with Gasteiger partial charge in [0.15, 0.2) is 0 Å². The van der Waals surface area contributed by atoms with Gasteiger partial charge in [0.1, 0.15) is 11.8 Å². The van der Waals surface area contributed by atoms with Crippen LogP contribution in [0.3, 0.4) is 0 Å². The number of hydrogen-bond acceptors (Lipinski definition) is 4. The Balaban J connectivity index is 1.52. The van der Waals surface area contributed by atoms with E-state index < -0.39 is 5.91 Å². The molecule has 4 rings (SSSR count). The second kappa shape index (κ2) is 9.36. The molecule has 34 heavy (non-hydrogen) atoms. The molecular formula is C29H27N3O2. The number of benzene rings is 3. The maximum absolute atomic E-state index is 12.4. The molecule has 2 N–H and O–H groups in total. The standard InChI is InChI=1S/C29H27N3O2/c1-17-12-18(2)20(4)27(19(17)3)14-21-8-10-26-23(6-5-7-25(21)26)16-31-32-29(34)22-9-11-28(33)24(13-22)15-30/h5-13,16,21,33H,14H2,1-4H3,(H,32,34)/b31-16+. The van der Waals surface area contributed by atoms with E-state index in [1.165, 1.54) is 51.6 Å². The molecule has 1 amide bonds. The number of nitriles is 1. The van der Waals surface area contributed by atoms with E-state index >= 15 is 0 Å². The molecule has 0 aromatic heterocycles. The Morgan fingerprint density at radius 2 is 1.85 bits per heavy atom. The van der Waals surface area contributed by atoms with Gasteiger partial charge in [0.05, 0.1) is 11.8 Å². The zero-order chi connectivity index (χ0) is 24.4. The summed E-state index contributed by atoms with van der Waals surface area (Å²) in [5.74, 6) is -0.317. The molecule has 5 nitrogen and oxygen atoms in total. The summed E-state index contributed by atoms with van der Waals surface area (Å²) in [6, 6.07) is 14.4. The molecular weight excluding hydrogens is 422 g/mol. The molecule has 0 bridgehead atoms. The van der Waals surface area contributed by atoms with E-state index in [1.54, 1.807) is 6.21 Å². The van der Waals surface area contributed by atoms with Crippen LogP contribution >= 0.6 is 0 Å². The van der Waals surface area contributed by atoms with Gasteiger partial charge < -0.3 is 5.11 Å². The normalized spacial score (nSPS) is 14.3. The highest BCUT2D eigenvalue weighted by atomic mass is 16.3. The van der Waals surface area contributed by atoms with Gasteiger partial charge in [0, 0.05) is 17.0 Å². The van der Waals surface area contributed by atoms with Crippen molar-refractivity contribution >= 4 is 18.2 Å². The lowest BCUT2D eigenvalue weighted by Gasteiger charge is -2.19. The number of rotatable bonds is 5. The van der Waals surface area contributed by atoms with Crippen molar-refractivity contribution in [1.29, 1.82) is 5.26 Å². The van der Waals surface area contributed by atoms with Crippen molar-refractivity contribution in [2.45, 2.75) is 40.0 Å². The highest BCUT2D eigenvalue weighted by molar-refractivity contribution is 5.96. The van der Waals surface area contributed by atoms with Crippen molar-refractivity contribution in [3.05, 3.63) is 104 Å². The molecule has 1 aliphatic rings. The maximum atomic E-state index is 12.4. The van der Waals surface area contributed by atoms with Gasteiger partial charge in [-0.2, -0.15) is 10.4 Å². The molecule has 3 aromatic carbocycles. The van der Waals surface area contributed by atoms with Gasteiger partial charge in [-0.05, 0) is 91.3 Å². The molecule has 0 fully saturated rings. The van der Waals surface area contributed by atoms with Gasteiger partial charge in [0.2, 0.25) is 0 Å². The van der Waals surface area contributed by atoms with E-state index in [1.807, 2.05) is 18.2 Å². The van der Waals surface area contributed by atoms with Gasteiger partial charge in [-0.3, -0.25) is 4.79 Å². The average Bonchev–Trinajstić information content (AvgIpc) is 3.24. The molecule has 1 atom stereocenters.